The normalized spacial score (nSPS) is 25.2. The Hall–Kier alpha value is -3.03. The van der Waals surface area contributed by atoms with E-state index in [4.69, 9.17) is 4.99 Å². The van der Waals surface area contributed by atoms with Crippen LogP contribution in [0.2, 0.25) is 0 Å². The van der Waals surface area contributed by atoms with E-state index in [2.05, 4.69) is 59.4 Å². The number of nitrogens with zero attached hydrogens (tertiary/aromatic N) is 3. The van der Waals surface area contributed by atoms with Crippen LogP contribution < -0.4 is 10.9 Å². The summed E-state index contributed by atoms with van der Waals surface area (Å²) in [5.41, 5.74) is 10.6. The summed E-state index contributed by atoms with van der Waals surface area (Å²) in [6, 6.07) is 17.3. The zero-order valence-electron chi connectivity index (χ0n) is 20.6. The Kier molecular flexibility index (Phi) is 5.26. The maximum atomic E-state index is 13.3. The number of carbonyl (C=O) groups is 2. The van der Waals surface area contributed by atoms with Gasteiger partial charge < -0.3 is 4.90 Å². The molecule has 4 fully saturated rings. The van der Waals surface area contributed by atoms with E-state index in [-0.39, 0.29) is 11.8 Å². The van der Waals surface area contributed by atoms with Gasteiger partial charge >= 0.3 is 0 Å². The van der Waals surface area contributed by atoms with Crippen LogP contribution in [0.4, 0.5) is 0 Å². The second-order valence-electron chi connectivity index (χ2n) is 11.3. The molecule has 2 saturated heterocycles. The Labute approximate surface area is 211 Å². The molecule has 7 nitrogen and oxygen atoms in total. The highest BCUT2D eigenvalue weighted by molar-refractivity contribution is 6.16. The summed E-state index contributed by atoms with van der Waals surface area (Å²) in [6.07, 6.45) is 4.74. The minimum absolute atomic E-state index is 0.153. The Morgan fingerprint density at radius 2 is 1.56 bits per heavy atom. The minimum atomic E-state index is -0.518. The summed E-state index contributed by atoms with van der Waals surface area (Å²) in [5.74, 6) is 2.37. The average molecular weight is 484 g/mol. The second kappa shape index (κ2) is 8.53. The number of likely N-dealkylation sites (tertiary alicyclic amines) is 1. The van der Waals surface area contributed by atoms with Gasteiger partial charge in [-0.15, -0.1) is 0 Å². The molecular weight excluding hydrogens is 450 g/mol. The maximum absolute atomic E-state index is 13.3. The highest BCUT2D eigenvalue weighted by Gasteiger charge is 2.57. The molecule has 186 valence electrons. The van der Waals surface area contributed by atoms with E-state index in [0.29, 0.717) is 24.3 Å². The zero-order chi connectivity index (χ0) is 24.3. The van der Waals surface area contributed by atoms with E-state index in [0.717, 1.165) is 75.2 Å². The molecule has 3 heterocycles. The largest absolute Gasteiger partial charge is 0.342 e. The van der Waals surface area contributed by atoms with Crippen LogP contribution in [0.25, 0.3) is 11.1 Å². The third kappa shape index (κ3) is 3.95. The first-order valence-electron chi connectivity index (χ1n) is 13.5. The number of aliphatic imine (C=N–C) groups is 1. The number of nitrogens with one attached hydrogen (secondary N) is 2. The quantitative estimate of drug-likeness (QED) is 0.663. The molecule has 7 rings (SSSR count). The smallest absolute Gasteiger partial charge is 0.256 e. The van der Waals surface area contributed by atoms with Crippen LogP contribution >= 0.6 is 0 Å². The molecule has 0 aromatic heterocycles. The third-order valence-corrected chi connectivity index (χ3v) is 8.59. The molecule has 3 aliphatic heterocycles. The molecule has 36 heavy (non-hydrogen) atoms. The summed E-state index contributed by atoms with van der Waals surface area (Å²) < 4.78 is 0. The van der Waals surface area contributed by atoms with Gasteiger partial charge in [0.2, 0.25) is 5.91 Å². The monoisotopic (exact) mass is 483 g/mol. The molecule has 2 aromatic carbocycles. The van der Waals surface area contributed by atoms with Gasteiger partial charge in [-0.05, 0) is 54.7 Å². The van der Waals surface area contributed by atoms with E-state index < -0.39 is 5.54 Å². The zero-order valence-corrected chi connectivity index (χ0v) is 20.6. The van der Waals surface area contributed by atoms with E-state index in [1.807, 2.05) is 9.80 Å². The van der Waals surface area contributed by atoms with Gasteiger partial charge in [0.25, 0.3) is 5.91 Å². The van der Waals surface area contributed by atoms with Crippen molar-refractivity contribution in [1.29, 1.82) is 0 Å². The summed E-state index contributed by atoms with van der Waals surface area (Å²) >= 11 is 0. The van der Waals surface area contributed by atoms with Crippen molar-refractivity contribution in [2.75, 3.05) is 32.7 Å². The fraction of sp³-hybridized carbons (Fsp3) is 0.483. The average Bonchev–Trinajstić information content (AvgIpc) is 3.77. The van der Waals surface area contributed by atoms with E-state index >= 15 is 0 Å². The van der Waals surface area contributed by atoms with Gasteiger partial charge in [0.1, 0.15) is 11.4 Å². The van der Waals surface area contributed by atoms with E-state index in [9.17, 15) is 9.59 Å². The van der Waals surface area contributed by atoms with Crippen LogP contribution in [0.1, 0.15) is 49.1 Å². The fourth-order valence-corrected chi connectivity index (χ4v) is 5.98. The second-order valence-corrected chi connectivity index (χ2v) is 11.3. The molecule has 2 aliphatic carbocycles. The summed E-state index contributed by atoms with van der Waals surface area (Å²) in [4.78, 5) is 34.8. The topological polar surface area (TPSA) is 77.0 Å². The molecule has 2 saturated carbocycles. The van der Waals surface area contributed by atoms with Crippen molar-refractivity contribution in [3.05, 3.63) is 59.7 Å². The molecule has 0 bridgehead atoms. The van der Waals surface area contributed by atoms with Crippen molar-refractivity contribution >= 4 is 17.6 Å². The van der Waals surface area contributed by atoms with Crippen LogP contribution in [-0.2, 0) is 9.59 Å². The number of amides is 2. The number of hydrogen-bond donors (Lipinski definition) is 2. The van der Waals surface area contributed by atoms with Crippen molar-refractivity contribution < 1.29 is 9.59 Å². The molecule has 2 N–H and O–H groups in total. The molecule has 0 radical (unpaired) electrons. The SMILES string of the molecule is O=C(C1CC1)N1CC[C@H](CN2C(=O)C3(CC3)N=C2c2ccc(-c3ccc(C4CNNC4)cc3)cc2)C1. The first-order chi connectivity index (χ1) is 17.6. The number of carbonyl (C=O) groups excluding carboxylic acids is 2. The van der Waals surface area contributed by atoms with Crippen molar-refractivity contribution in [3.63, 3.8) is 0 Å². The lowest BCUT2D eigenvalue weighted by Crippen LogP contribution is -2.40. The Bertz CT molecular complexity index is 1210. The highest BCUT2D eigenvalue weighted by Crippen LogP contribution is 2.46. The molecule has 7 heteroatoms. The van der Waals surface area contributed by atoms with Gasteiger partial charge in [-0.2, -0.15) is 0 Å². The Morgan fingerprint density at radius 3 is 2.19 bits per heavy atom. The van der Waals surface area contributed by atoms with Gasteiger partial charge in [0.15, 0.2) is 0 Å². The Morgan fingerprint density at radius 1 is 0.917 bits per heavy atom. The minimum Gasteiger partial charge on any atom is -0.342 e. The lowest BCUT2D eigenvalue weighted by atomic mass is 9.96. The maximum Gasteiger partial charge on any atom is 0.256 e. The Balaban J connectivity index is 1.07. The van der Waals surface area contributed by atoms with Crippen LogP contribution in [0, 0.1) is 11.8 Å². The first kappa shape index (κ1) is 22.2. The molecule has 2 aromatic rings. The standard InChI is InChI=1S/C29H33N5O2/c35-27(24-9-10-24)33-14-11-19(17-33)18-34-26(32-29(12-13-29)28(34)36)23-7-5-21(6-8-23)20-1-3-22(4-2-20)25-15-30-31-16-25/h1-8,19,24-25,30-31H,9-18H2/t19-/m0/s1. The molecular formula is C29H33N5O2. The molecule has 2 amide bonds. The van der Waals surface area contributed by atoms with Gasteiger partial charge in [0.05, 0.1) is 0 Å². The number of hydrazine groups is 1. The number of hydrogen-bond acceptors (Lipinski definition) is 5. The predicted octanol–water partition coefficient (Wildman–Crippen LogP) is 2.92. The van der Waals surface area contributed by atoms with Crippen molar-refractivity contribution in [2.45, 2.75) is 43.6 Å². The predicted molar refractivity (Wildman–Crippen MR) is 138 cm³/mol. The van der Waals surface area contributed by atoms with Gasteiger partial charge in [-0.25, -0.2) is 0 Å². The van der Waals surface area contributed by atoms with Gasteiger partial charge in [0, 0.05) is 50.1 Å². The van der Waals surface area contributed by atoms with Crippen molar-refractivity contribution in [1.82, 2.24) is 20.7 Å². The summed E-state index contributed by atoms with van der Waals surface area (Å²) in [5, 5.41) is 0. The van der Waals surface area contributed by atoms with Crippen LogP contribution in [0.5, 0.6) is 0 Å². The third-order valence-electron chi connectivity index (χ3n) is 8.59. The molecule has 5 aliphatic rings. The molecule has 1 atom stereocenters. The number of rotatable bonds is 6. The number of amidine groups is 1. The summed E-state index contributed by atoms with van der Waals surface area (Å²) in [6.45, 7) is 4.16. The fourth-order valence-electron chi connectivity index (χ4n) is 5.98. The van der Waals surface area contributed by atoms with E-state index in [1.165, 1.54) is 11.1 Å². The van der Waals surface area contributed by atoms with Crippen molar-refractivity contribution in [2.24, 2.45) is 16.8 Å². The lowest BCUT2D eigenvalue weighted by molar-refractivity contribution is -0.131. The molecule has 1 spiro atoms. The first-order valence-corrected chi connectivity index (χ1v) is 13.5. The summed E-state index contributed by atoms with van der Waals surface area (Å²) in [7, 11) is 0. The molecule has 0 unspecified atom stereocenters. The van der Waals surface area contributed by atoms with Gasteiger partial charge in [-0.1, -0.05) is 48.5 Å². The van der Waals surface area contributed by atoms with E-state index in [1.54, 1.807) is 0 Å². The highest BCUT2D eigenvalue weighted by atomic mass is 16.2. The van der Waals surface area contributed by atoms with Crippen LogP contribution in [0.15, 0.2) is 53.5 Å². The van der Waals surface area contributed by atoms with Crippen LogP contribution in [-0.4, -0.2) is 65.7 Å². The number of benzene rings is 2. The van der Waals surface area contributed by atoms with Crippen molar-refractivity contribution in [3.8, 4) is 11.1 Å². The van der Waals surface area contributed by atoms with Gasteiger partial charge in [-0.3, -0.25) is 30.3 Å². The van der Waals surface area contributed by atoms with Crippen LogP contribution in [0.3, 0.4) is 0 Å². The lowest BCUT2D eigenvalue weighted by Gasteiger charge is -2.23.